The van der Waals surface area contributed by atoms with Crippen LogP contribution in [0, 0.1) is 5.41 Å². The van der Waals surface area contributed by atoms with E-state index in [2.05, 4.69) is 81.4 Å². The Balaban J connectivity index is 2.22. The summed E-state index contributed by atoms with van der Waals surface area (Å²) in [6.45, 7) is 7.13. The van der Waals surface area contributed by atoms with Gasteiger partial charge in [0.1, 0.15) is 0 Å². The van der Waals surface area contributed by atoms with E-state index in [4.69, 9.17) is 0 Å². The molecule has 0 fully saturated rings. The van der Waals surface area contributed by atoms with Crippen LogP contribution >= 0.6 is 0 Å². The summed E-state index contributed by atoms with van der Waals surface area (Å²) in [5.74, 6) is 0.624. The molecule has 0 heteroatoms. The molecule has 0 aliphatic rings. The molecule has 0 heterocycles. The Morgan fingerprint density at radius 3 is 2.00 bits per heavy atom. The maximum atomic E-state index is 2.42. The lowest BCUT2D eigenvalue weighted by molar-refractivity contribution is 0.265. The number of unbranched alkanes of at least 4 members (excludes halogenated alkanes) is 1. The first-order valence-corrected chi connectivity index (χ1v) is 8.22. The highest BCUT2D eigenvalue weighted by Gasteiger charge is 2.30. The van der Waals surface area contributed by atoms with Crippen LogP contribution in [0.3, 0.4) is 0 Å². The monoisotopic (exact) mass is 280 g/mol. The lowest BCUT2D eigenvalue weighted by Crippen LogP contribution is -2.25. The number of hydrogen-bond acceptors (Lipinski definition) is 0. The molecule has 112 valence electrons. The number of benzene rings is 2. The second kappa shape index (κ2) is 7.45. The molecule has 0 saturated carbocycles. The zero-order valence-electron chi connectivity index (χ0n) is 13.7. The average molecular weight is 280 g/mol. The van der Waals surface area contributed by atoms with Crippen LogP contribution < -0.4 is 0 Å². The van der Waals surface area contributed by atoms with Crippen molar-refractivity contribution in [2.24, 2.45) is 5.41 Å². The summed E-state index contributed by atoms with van der Waals surface area (Å²) in [6, 6.07) is 22.0. The Bertz CT molecular complexity index is 510. The third-order valence-electron chi connectivity index (χ3n) is 4.49. The van der Waals surface area contributed by atoms with Crippen LogP contribution in [0.25, 0.3) is 0 Å². The van der Waals surface area contributed by atoms with Crippen molar-refractivity contribution in [3.05, 3.63) is 71.8 Å². The average Bonchev–Trinajstić information content (AvgIpc) is 2.49. The Morgan fingerprint density at radius 2 is 1.43 bits per heavy atom. The number of rotatable bonds is 7. The lowest BCUT2D eigenvalue weighted by Gasteiger charge is -2.35. The Morgan fingerprint density at radius 1 is 0.857 bits per heavy atom. The molecular weight excluding hydrogens is 252 g/mol. The highest BCUT2D eigenvalue weighted by atomic mass is 14.3. The van der Waals surface area contributed by atoms with Crippen LogP contribution in [0.2, 0.25) is 0 Å². The fourth-order valence-corrected chi connectivity index (χ4v) is 3.35. The van der Waals surface area contributed by atoms with E-state index < -0.39 is 0 Å². The van der Waals surface area contributed by atoms with Crippen molar-refractivity contribution >= 4 is 0 Å². The first kappa shape index (κ1) is 15.8. The Labute approximate surface area is 130 Å². The Kier molecular flexibility index (Phi) is 5.61. The molecule has 0 nitrogen and oxygen atoms in total. The summed E-state index contributed by atoms with van der Waals surface area (Å²) >= 11 is 0. The Hall–Kier alpha value is -1.56. The van der Waals surface area contributed by atoms with Gasteiger partial charge in [0.05, 0.1) is 0 Å². The van der Waals surface area contributed by atoms with Gasteiger partial charge in [-0.25, -0.2) is 0 Å². The van der Waals surface area contributed by atoms with Gasteiger partial charge in [-0.15, -0.1) is 0 Å². The van der Waals surface area contributed by atoms with E-state index in [0.29, 0.717) is 5.92 Å². The molecule has 21 heavy (non-hydrogen) atoms. The standard InChI is InChI=1S/C21H28/c1-4-5-16-20(19-14-10-7-11-15-19)21(2,3)17-18-12-8-6-9-13-18/h6-15,20H,4-5,16-17H2,1-3H3. The van der Waals surface area contributed by atoms with Gasteiger partial charge in [0.25, 0.3) is 0 Å². The predicted octanol–water partition coefficient (Wildman–Crippen LogP) is 6.23. The van der Waals surface area contributed by atoms with Crippen molar-refractivity contribution in [1.82, 2.24) is 0 Å². The van der Waals surface area contributed by atoms with Gasteiger partial charge in [0.15, 0.2) is 0 Å². The van der Waals surface area contributed by atoms with E-state index in [-0.39, 0.29) is 5.41 Å². The first-order chi connectivity index (χ1) is 10.1. The van der Waals surface area contributed by atoms with E-state index in [1.165, 1.54) is 30.4 Å². The zero-order valence-corrected chi connectivity index (χ0v) is 13.7. The van der Waals surface area contributed by atoms with Gasteiger partial charge < -0.3 is 0 Å². The quantitative estimate of drug-likeness (QED) is 0.564. The summed E-state index contributed by atoms with van der Waals surface area (Å²) in [7, 11) is 0. The molecule has 2 aromatic carbocycles. The summed E-state index contributed by atoms with van der Waals surface area (Å²) in [6.07, 6.45) is 4.99. The minimum absolute atomic E-state index is 0.276. The number of hydrogen-bond donors (Lipinski definition) is 0. The van der Waals surface area contributed by atoms with Crippen LogP contribution in [-0.2, 0) is 6.42 Å². The van der Waals surface area contributed by atoms with Crippen LogP contribution in [0.1, 0.15) is 57.1 Å². The van der Waals surface area contributed by atoms with Gasteiger partial charge in [0, 0.05) is 0 Å². The second-order valence-electron chi connectivity index (χ2n) is 6.76. The molecule has 0 aliphatic heterocycles. The van der Waals surface area contributed by atoms with Crippen LogP contribution in [0.4, 0.5) is 0 Å². The van der Waals surface area contributed by atoms with Crippen LogP contribution in [-0.4, -0.2) is 0 Å². The molecule has 0 bridgehead atoms. The molecule has 0 saturated heterocycles. The van der Waals surface area contributed by atoms with Crippen LogP contribution in [0.5, 0.6) is 0 Å². The summed E-state index contributed by atoms with van der Waals surface area (Å²) in [4.78, 5) is 0. The van der Waals surface area contributed by atoms with E-state index in [1.54, 1.807) is 0 Å². The molecule has 1 atom stereocenters. The van der Waals surface area contributed by atoms with Crippen molar-refractivity contribution < 1.29 is 0 Å². The molecule has 0 aromatic heterocycles. The van der Waals surface area contributed by atoms with Gasteiger partial charge in [-0.05, 0) is 35.3 Å². The second-order valence-corrected chi connectivity index (χ2v) is 6.76. The molecular formula is C21H28. The minimum Gasteiger partial charge on any atom is -0.0654 e. The SMILES string of the molecule is CCCCC(c1ccccc1)C(C)(C)Cc1ccccc1. The highest BCUT2D eigenvalue weighted by Crippen LogP contribution is 2.41. The van der Waals surface area contributed by atoms with Gasteiger partial charge >= 0.3 is 0 Å². The fraction of sp³-hybridized carbons (Fsp3) is 0.429. The third-order valence-corrected chi connectivity index (χ3v) is 4.49. The van der Waals surface area contributed by atoms with Crippen molar-refractivity contribution in [2.45, 2.75) is 52.4 Å². The zero-order chi connectivity index (χ0) is 15.1. The van der Waals surface area contributed by atoms with Crippen molar-refractivity contribution in [2.75, 3.05) is 0 Å². The molecule has 1 unspecified atom stereocenters. The van der Waals surface area contributed by atoms with E-state index >= 15 is 0 Å². The molecule has 0 radical (unpaired) electrons. The van der Waals surface area contributed by atoms with Gasteiger partial charge in [-0.2, -0.15) is 0 Å². The molecule has 2 rings (SSSR count). The minimum atomic E-state index is 0.276. The maximum Gasteiger partial charge on any atom is -0.0107 e. The third kappa shape index (κ3) is 4.46. The lowest BCUT2D eigenvalue weighted by atomic mass is 9.69. The molecule has 0 spiro atoms. The van der Waals surface area contributed by atoms with Crippen molar-refractivity contribution in [3.63, 3.8) is 0 Å². The van der Waals surface area contributed by atoms with Crippen molar-refractivity contribution in [1.29, 1.82) is 0 Å². The van der Waals surface area contributed by atoms with Crippen LogP contribution in [0.15, 0.2) is 60.7 Å². The van der Waals surface area contributed by atoms with Gasteiger partial charge in [-0.1, -0.05) is 94.3 Å². The summed E-state index contributed by atoms with van der Waals surface area (Å²) in [5, 5.41) is 0. The van der Waals surface area contributed by atoms with E-state index in [0.717, 1.165) is 6.42 Å². The smallest absolute Gasteiger partial charge is 0.0107 e. The normalized spacial score (nSPS) is 13.1. The summed E-state index contributed by atoms with van der Waals surface area (Å²) in [5.41, 5.74) is 3.21. The largest absolute Gasteiger partial charge is 0.0654 e. The van der Waals surface area contributed by atoms with Crippen molar-refractivity contribution in [3.8, 4) is 0 Å². The molecule has 2 aromatic rings. The fourth-order valence-electron chi connectivity index (χ4n) is 3.35. The van der Waals surface area contributed by atoms with E-state index in [9.17, 15) is 0 Å². The highest BCUT2D eigenvalue weighted by molar-refractivity contribution is 5.24. The molecule has 0 amide bonds. The topological polar surface area (TPSA) is 0 Å². The van der Waals surface area contributed by atoms with Gasteiger partial charge in [-0.3, -0.25) is 0 Å². The predicted molar refractivity (Wildman–Crippen MR) is 92.6 cm³/mol. The van der Waals surface area contributed by atoms with Gasteiger partial charge in [0.2, 0.25) is 0 Å². The van der Waals surface area contributed by atoms with E-state index in [1.807, 2.05) is 0 Å². The maximum absolute atomic E-state index is 2.42. The first-order valence-electron chi connectivity index (χ1n) is 8.22. The molecule has 0 N–H and O–H groups in total. The summed E-state index contributed by atoms with van der Waals surface area (Å²) < 4.78 is 0. The molecule has 0 aliphatic carbocycles.